The Kier molecular flexibility index (Phi) is 4.82. The second-order valence-electron chi connectivity index (χ2n) is 4.43. The van der Waals surface area contributed by atoms with Gasteiger partial charge in [0.25, 0.3) is 0 Å². The summed E-state index contributed by atoms with van der Waals surface area (Å²) in [7, 11) is 0. The van der Waals surface area contributed by atoms with Crippen LogP contribution in [0.15, 0.2) is 67.0 Å². The van der Waals surface area contributed by atoms with Gasteiger partial charge in [0.2, 0.25) is 5.91 Å². The molecule has 0 spiro atoms. The highest BCUT2D eigenvalue weighted by atomic mass is 16.4. The molecule has 22 heavy (non-hydrogen) atoms. The van der Waals surface area contributed by atoms with Crippen LogP contribution in [-0.4, -0.2) is 22.0 Å². The number of rotatable bonds is 2. The molecule has 1 heterocycles. The van der Waals surface area contributed by atoms with Gasteiger partial charge in [-0.25, -0.2) is 4.79 Å². The van der Waals surface area contributed by atoms with Crippen molar-refractivity contribution < 1.29 is 14.7 Å². The van der Waals surface area contributed by atoms with Crippen molar-refractivity contribution in [3.05, 3.63) is 78.1 Å². The van der Waals surface area contributed by atoms with E-state index in [0.29, 0.717) is 11.1 Å². The monoisotopic (exact) mass is 294 g/mol. The Bertz CT molecular complexity index is 796. The number of carboxylic acids is 1. The van der Waals surface area contributed by atoms with Crippen molar-refractivity contribution in [3.63, 3.8) is 0 Å². The molecule has 0 aliphatic carbocycles. The Morgan fingerprint density at radius 2 is 1.55 bits per heavy atom. The SMILES string of the molecule is NC(=O)c1ccncc1.O=C(O)c1cccc2ccccc12. The summed E-state index contributed by atoms with van der Waals surface area (Å²) in [6.45, 7) is 0. The summed E-state index contributed by atoms with van der Waals surface area (Å²) >= 11 is 0. The van der Waals surface area contributed by atoms with E-state index in [4.69, 9.17) is 10.8 Å². The Morgan fingerprint density at radius 3 is 2.14 bits per heavy atom. The van der Waals surface area contributed by atoms with Crippen LogP contribution in [0.5, 0.6) is 0 Å². The Hall–Kier alpha value is -3.21. The average molecular weight is 294 g/mol. The molecule has 3 N–H and O–H groups in total. The zero-order valence-electron chi connectivity index (χ0n) is 11.6. The van der Waals surface area contributed by atoms with Crippen molar-refractivity contribution in [2.45, 2.75) is 0 Å². The number of carboxylic acid groups (broad SMARTS) is 1. The van der Waals surface area contributed by atoms with Crippen molar-refractivity contribution >= 4 is 22.6 Å². The molecule has 0 radical (unpaired) electrons. The molecular weight excluding hydrogens is 280 g/mol. The smallest absolute Gasteiger partial charge is 0.336 e. The van der Waals surface area contributed by atoms with E-state index in [9.17, 15) is 9.59 Å². The van der Waals surface area contributed by atoms with E-state index in [1.807, 2.05) is 30.3 Å². The van der Waals surface area contributed by atoms with Gasteiger partial charge in [-0.3, -0.25) is 9.78 Å². The number of amides is 1. The number of hydrogen-bond acceptors (Lipinski definition) is 3. The van der Waals surface area contributed by atoms with Gasteiger partial charge in [-0.05, 0) is 29.0 Å². The van der Waals surface area contributed by atoms with Gasteiger partial charge in [-0.15, -0.1) is 0 Å². The topological polar surface area (TPSA) is 93.3 Å². The first-order valence-corrected chi connectivity index (χ1v) is 6.50. The molecule has 0 aliphatic heterocycles. The predicted octanol–water partition coefficient (Wildman–Crippen LogP) is 2.72. The molecule has 3 rings (SSSR count). The summed E-state index contributed by atoms with van der Waals surface area (Å²) in [4.78, 5) is 24.9. The van der Waals surface area contributed by atoms with Crippen LogP contribution in [0.2, 0.25) is 0 Å². The van der Waals surface area contributed by atoms with E-state index in [1.54, 1.807) is 24.3 Å². The summed E-state index contributed by atoms with van der Waals surface area (Å²) in [5.41, 5.74) is 5.80. The van der Waals surface area contributed by atoms with E-state index in [2.05, 4.69) is 4.98 Å². The van der Waals surface area contributed by atoms with E-state index in [0.717, 1.165) is 10.8 Å². The van der Waals surface area contributed by atoms with Crippen LogP contribution < -0.4 is 5.73 Å². The Labute approximate surface area is 127 Å². The number of pyridine rings is 1. The van der Waals surface area contributed by atoms with Gasteiger partial charge in [0.1, 0.15) is 0 Å². The van der Waals surface area contributed by atoms with Crippen molar-refractivity contribution in [2.24, 2.45) is 5.73 Å². The predicted molar refractivity (Wildman–Crippen MR) is 83.7 cm³/mol. The number of nitrogens with zero attached hydrogens (tertiary/aromatic N) is 1. The molecule has 0 saturated carbocycles. The van der Waals surface area contributed by atoms with Gasteiger partial charge in [0, 0.05) is 18.0 Å². The average Bonchev–Trinajstić information content (AvgIpc) is 2.55. The molecule has 0 bridgehead atoms. The standard InChI is InChI=1S/C11H8O2.C6H6N2O/c12-11(13)10-7-3-5-8-4-1-2-6-9(8)10;7-6(9)5-1-3-8-4-2-5/h1-7H,(H,12,13);1-4H,(H2,7,9). The minimum atomic E-state index is -0.878. The van der Waals surface area contributed by atoms with Gasteiger partial charge in [-0.1, -0.05) is 36.4 Å². The van der Waals surface area contributed by atoms with E-state index in [1.165, 1.54) is 12.4 Å². The van der Waals surface area contributed by atoms with Crippen LogP contribution in [0.1, 0.15) is 20.7 Å². The molecule has 0 saturated heterocycles. The molecule has 5 heteroatoms. The van der Waals surface area contributed by atoms with Crippen LogP contribution >= 0.6 is 0 Å². The number of hydrogen-bond donors (Lipinski definition) is 2. The lowest BCUT2D eigenvalue weighted by molar-refractivity contribution is 0.0698. The summed E-state index contributed by atoms with van der Waals surface area (Å²) in [5, 5.41) is 10.6. The molecule has 0 fully saturated rings. The molecule has 1 amide bonds. The highest BCUT2D eigenvalue weighted by molar-refractivity contribution is 6.03. The van der Waals surface area contributed by atoms with Crippen LogP contribution in [0.3, 0.4) is 0 Å². The third-order valence-corrected chi connectivity index (χ3v) is 2.98. The van der Waals surface area contributed by atoms with E-state index < -0.39 is 11.9 Å². The molecule has 1 aromatic heterocycles. The zero-order chi connectivity index (χ0) is 15.9. The van der Waals surface area contributed by atoms with Crippen molar-refractivity contribution in [2.75, 3.05) is 0 Å². The molecular formula is C17H14N2O3. The number of primary amides is 1. The fourth-order valence-electron chi connectivity index (χ4n) is 1.93. The zero-order valence-corrected chi connectivity index (χ0v) is 11.6. The van der Waals surface area contributed by atoms with Gasteiger partial charge in [-0.2, -0.15) is 0 Å². The number of carbonyl (C=O) groups is 2. The third-order valence-electron chi connectivity index (χ3n) is 2.98. The minimum Gasteiger partial charge on any atom is -0.478 e. The van der Waals surface area contributed by atoms with Crippen molar-refractivity contribution in [1.82, 2.24) is 4.98 Å². The number of aromatic carboxylic acids is 1. The molecule has 0 atom stereocenters. The quantitative estimate of drug-likeness (QED) is 0.760. The molecule has 0 aliphatic rings. The van der Waals surface area contributed by atoms with E-state index >= 15 is 0 Å². The highest BCUT2D eigenvalue weighted by Crippen LogP contribution is 2.17. The molecule has 0 unspecified atom stereocenters. The van der Waals surface area contributed by atoms with Gasteiger partial charge < -0.3 is 10.8 Å². The second kappa shape index (κ2) is 6.99. The summed E-state index contributed by atoms with van der Waals surface area (Å²) in [5.74, 6) is -1.30. The number of nitrogens with two attached hydrogens (primary N) is 1. The van der Waals surface area contributed by atoms with Crippen LogP contribution in [0.25, 0.3) is 10.8 Å². The first-order valence-electron chi connectivity index (χ1n) is 6.50. The molecule has 3 aromatic rings. The second-order valence-corrected chi connectivity index (χ2v) is 4.43. The Morgan fingerprint density at radius 1 is 0.909 bits per heavy atom. The molecule has 110 valence electrons. The lowest BCUT2D eigenvalue weighted by Crippen LogP contribution is -2.10. The molecule has 5 nitrogen and oxygen atoms in total. The number of carbonyl (C=O) groups excluding carboxylic acids is 1. The largest absolute Gasteiger partial charge is 0.478 e. The number of aromatic nitrogens is 1. The highest BCUT2D eigenvalue weighted by Gasteiger charge is 2.05. The van der Waals surface area contributed by atoms with Crippen LogP contribution in [0, 0.1) is 0 Å². The number of benzene rings is 2. The minimum absolute atomic E-state index is 0.359. The first-order chi connectivity index (χ1) is 10.6. The van der Waals surface area contributed by atoms with Gasteiger partial charge in [0.15, 0.2) is 0 Å². The fraction of sp³-hybridized carbons (Fsp3) is 0. The van der Waals surface area contributed by atoms with Crippen LogP contribution in [-0.2, 0) is 0 Å². The maximum atomic E-state index is 10.8. The number of fused-ring (bicyclic) bond motifs is 1. The van der Waals surface area contributed by atoms with Gasteiger partial charge in [0.05, 0.1) is 5.56 Å². The van der Waals surface area contributed by atoms with Gasteiger partial charge >= 0.3 is 5.97 Å². The third kappa shape index (κ3) is 3.67. The molecule has 2 aromatic carbocycles. The van der Waals surface area contributed by atoms with Crippen LogP contribution in [0.4, 0.5) is 0 Å². The summed E-state index contributed by atoms with van der Waals surface area (Å²) in [6, 6.07) is 15.9. The first kappa shape index (κ1) is 15.2. The lowest BCUT2D eigenvalue weighted by Gasteiger charge is -2.00. The maximum absolute atomic E-state index is 10.8. The fourth-order valence-corrected chi connectivity index (χ4v) is 1.93. The van der Waals surface area contributed by atoms with Crippen molar-refractivity contribution in [3.8, 4) is 0 Å². The maximum Gasteiger partial charge on any atom is 0.336 e. The van der Waals surface area contributed by atoms with E-state index in [-0.39, 0.29) is 0 Å². The lowest BCUT2D eigenvalue weighted by atomic mass is 10.1. The Balaban J connectivity index is 0.000000172. The normalized spacial score (nSPS) is 9.64. The summed E-state index contributed by atoms with van der Waals surface area (Å²) < 4.78 is 0. The van der Waals surface area contributed by atoms with Crippen molar-refractivity contribution in [1.29, 1.82) is 0 Å². The summed E-state index contributed by atoms with van der Waals surface area (Å²) in [6.07, 6.45) is 3.06.